The molecular weight excluding hydrogens is 180 g/mol. The molecule has 0 amide bonds. The minimum Gasteiger partial charge on any atom is -0.493 e. The fourth-order valence-electron chi connectivity index (χ4n) is 1.57. The molecule has 0 aliphatic heterocycles. The number of hydrogen-bond donors (Lipinski definition) is 1. The Balaban J connectivity index is 3.35. The van der Waals surface area contributed by atoms with Gasteiger partial charge in [0.05, 0.1) is 20.3 Å². The van der Waals surface area contributed by atoms with E-state index in [4.69, 9.17) is 9.47 Å². The van der Waals surface area contributed by atoms with Gasteiger partial charge in [-0.05, 0) is 25.5 Å². The predicted octanol–water partition coefficient (Wildman–Crippen LogP) is 2.07. The maximum absolute atomic E-state index is 9.60. The van der Waals surface area contributed by atoms with Gasteiger partial charge < -0.3 is 14.6 Å². The molecule has 1 N–H and O–H groups in total. The summed E-state index contributed by atoms with van der Waals surface area (Å²) in [6.45, 7) is 3.65. The zero-order chi connectivity index (χ0) is 10.7. The van der Waals surface area contributed by atoms with Crippen molar-refractivity contribution in [3.8, 4) is 11.5 Å². The Bertz CT molecular complexity index is 319. The van der Waals surface area contributed by atoms with Crippen LogP contribution in [0.1, 0.15) is 24.2 Å². The third kappa shape index (κ3) is 1.82. The molecule has 1 aromatic carbocycles. The summed E-state index contributed by atoms with van der Waals surface area (Å²) in [5.74, 6) is 1.26. The van der Waals surface area contributed by atoms with Gasteiger partial charge in [-0.25, -0.2) is 0 Å². The topological polar surface area (TPSA) is 38.7 Å². The van der Waals surface area contributed by atoms with Gasteiger partial charge in [-0.15, -0.1) is 0 Å². The van der Waals surface area contributed by atoms with E-state index in [0.717, 1.165) is 11.1 Å². The smallest absolute Gasteiger partial charge is 0.166 e. The molecule has 1 rings (SSSR count). The zero-order valence-corrected chi connectivity index (χ0v) is 9.00. The molecule has 1 aromatic rings. The average molecular weight is 196 g/mol. The Morgan fingerprint density at radius 3 is 2.29 bits per heavy atom. The van der Waals surface area contributed by atoms with Crippen LogP contribution in [0, 0.1) is 6.92 Å². The maximum Gasteiger partial charge on any atom is 0.166 e. The third-order valence-electron chi connectivity index (χ3n) is 2.22. The van der Waals surface area contributed by atoms with Crippen LogP contribution < -0.4 is 9.47 Å². The van der Waals surface area contributed by atoms with E-state index in [1.165, 1.54) is 0 Å². The molecule has 14 heavy (non-hydrogen) atoms. The molecule has 0 radical (unpaired) electrons. The Kier molecular flexibility index (Phi) is 3.36. The van der Waals surface area contributed by atoms with E-state index in [9.17, 15) is 5.11 Å². The Morgan fingerprint density at radius 2 is 1.86 bits per heavy atom. The van der Waals surface area contributed by atoms with Crippen molar-refractivity contribution in [2.24, 2.45) is 0 Å². The second kappa shape index (κ2) is 4.33. The summed E-state index contributed by atoms with van der Waals surface area (Å²) in [5, 5.41) is 9.60. The highest BCUT2D eigenvalue weighted by atomic mass is 16.5. The van der Waals surface area contributed by atoms with Crippen LogP contribution in [-0.2, 0) is 0 Å². The summed E-state index contributed by atoms with van der Waals surface area (Å²) in [7, 11) is 3.15. The van der Waals surface area contributed by atoms with Crippen molar-refractivity contribution in [2.45, 2.75) is 20.0 Å². The first-order valence-corrected chi connectivity index (χ1v) is 4.51. The van der Waals surface area contributed by atoms with Crippen LogP contribution in [-0.4, -0.2) is 19.3 Å². The molecule has 78 valence electrons. The summed E-state index contributed by atoms with van der Waals surface area (Å²) in [5.41, 5.74) is 1.78. The molecule has 3 nitrogen and oxygen atoms in total. The van der Waals surface area contributed by atoms with Crippen LogP contribution in [0.15, 0.2) is 12.1 Å². The maximum atomic E-state index is 9.60. The third-order valence-corrected chi connectivity index (χ3v) is 2.22. The molecule has 1 atom stereocenters. The lowest BCUT2D eigenvalue weighted by molar-refractivity contribution is 0.192. The van der Waals surface area contributed by atoms with Crippen molar-refractivity contribution in [2.75, 3.05) is 14.2 Å². The Hall–Kier alpha value is -1.22. The lowest BCUT2D eigenvalue weighted by Gasteiger charge is -2.16. The number of ether oxygens (including phenoxy) is 2. The van der Waals surface area contributed by atoms with Crippen LogP contribution in [0.25, 0.3) is 0 Å². The molecule has 0 saturated carbocycles. The summed E-state index contributed by atoms with van der Waals surface area (Å²) in [6.07, 6.45) is -0.556. The van der Waals surface area contributed by atoms with Crippen LogP contribution in [0.3, 0.4) is 0 Å². The van der Waals surface area contributed by atoms with Gasteiger partial charge in [0.2, 0.25) is 0 Å². The summed E-state index contributed by atoms with van der Waals surface area (Å²) in [6, 6.07) is 3.74. The molecule has 0 spiro atoms. The molecule has 0 aliphatic rings. The number of hydrogen-bond acceptors (Lipinski definition) is 3. The van der Waals surface area contributed by atoms with E-state index in [0.29, 0.717) is 11.5 Å². The number of aliphatic hydroxyl groups excluding tert-OH is 1. The standard InChI is InChI=1S/C11H16O3/c1-7-5-6-9(13-3)11(14-4)10(7)8(2)12/h5-6,8,12H,1-4H3. The lowest BCUT2D eigenvalue weighted by atomic mass is 10.0. The van der Waals surface area contributed by atoms with Crippen molar-refractivity contribution in [3.05, 3.63) is 23.3 Å². The monoisotopic (exact) mass is 196 g/mol. The van der Waals surface area contributed by atoms with Gasteiger partial charge in [-0.2, -0.15) is 0 Å². The average Bonchev–Trinajstić information content (AvgIpc) is 2.16. The molecule has 0 heterocycles. The summed E-state index contributed by atoms with van der Waals surface area (Å²) >= 11 is 0. The fourth-order valence-corrected chi connectivity index (χ4v) is 1.57. The molecule has 0 saturated heterocycles. The Morgan fingerprint density at radius 1 is 1.21 bits per heavy atom. The van der Waals surface area contributed by atoms with Crippen LogP contribution in [0.4, 0.5) is 0 Å². The summed E-state index contributed by atoms with van der Waals surface area (Å²) < 4.78 is 10.4. The summed E-state index contributed by atoms with van der Waals surface area (Å²) in [4.78, 5) is 0. The van der Waals surface area contributed by atoms with Crippen molar-refractivity contribution in [3.63, 3.8) is 0 Å². The normalized spacial score (nSPS) is 12.4. The minimum atomic E-state index is -0.556. The van der Waals surface area contributed by atoms with Crippen LogP contribution in [0.5, 0.6) is 11.5 Å². The second-order valence-corrected chi connectivity index (χ2v) is 3.21. The molecule has 0 bridgehead atoms. The highest BCUT2D eigenvalue weighted by molar-refractivity contribution is 5.51. The second-order valence-electron chi connectivity index (χ2n) is 3.21. The van der Waals surface area contributed by atoms with Gasteiger partial charge in [-0.1, -0.05) is 6.07 Å². The van der Waals surface area contributed by atoms with Gasteiger partial charge in [0.15, 0.2) is 11.5 Å². The fraction of sp³-hybridized carbons (Fsp3) is 0.455. The van der Waals surface area contributed by atoms with Crippen molar-refractivity contribution >= 4 is 0 Å². The molecule has 1 unspecified atom stereocenters. The van der Waals surface area contributed by atoms with Gasteiger partial charge in [0, 0.05) is 5.56 Å². The van der Waals surface area contributed by atoms with Gasteiger partial charge >= 0.3 is 0 Å². The van der Waals surface area contributed by atoms with E-state index >= 15 is 0 Å². The number of benzene rings is 1. The first-order valence-electron chi connectivity index (χ1n) is 4.51. The van der Waals surface area contributed by atoms with E-state index in [2.05, 4.69) is 0 Å². The van der Waals surface area contributed by atoms with E-state index in [1.54, 1.807) is 21.1 Å². The van der Waals surface area contributed by atoms with Crippen LogP contribution >= 0.6 is 0 Å². The zero-order valence-electron chi connectivity index (χ0n) is 9.00. The van der Waals surface area contributed by atoms with E-state index in [-0.39, 0.29) is 0 Å². The largest absolute Gasteiger partial charge is 0.493 e. The van der Waals surface area contributed by atoms with Crippen LogP contribution in [0.2, 0.25) is 0 Å². The van der Waals surface area contributed by atoms with Crippen molar-refractivity contribution < 1.29 is 14.6 Å². The van der Waals surface area contributed by atoms with Crippen molar-refractivity contribution in [1.82, 2.24) is 0 Å². The predicted molar refractivity (Wildman–Crippen MR) is 54.9 cm³/mol. The van der Waals surface area contributed by atoms with Gasteiger partial charge in [0.1, 0.15) is 0 Å². The number of methoxy groups -OCH3 is 2. The lowest BCUT2D eigenvalue weighted by Crippen LogP contribution is -2.01. The highest BCUT2D eigenvalue weighted by Gasteiger charge is 2.16. The van der Waals surface area contributed by atoms with Gasteiger partial charge in [0.25, 0.3) is 0 Å². The highest BCUT2D eigenvalue weighted by Crippen LogP contribution is 2.36. The molecule has 3 heteroatoms. The number of rotatable bonds is 3. The number of aliphatic hydroxyl groups is 1. The first-order chi connectivity index (χ1) is 6.61. The molecule has 0 aliphatic carbocycles. The van der Waals surface area contributed by atoms with Crippen molar-refractivity contribution in [1.29, 1.82) is 0 Å². The minimum absolute atomic E-state index is 0.556. The quantitative estimate of drug-likeness (QED) is 0.804. The first kappa shape index (κ1) is 10.9. The molecule has 0 fully saturated rings. The Labute approximate surface area is 84.3 Å². The molecular formula is C11H16O3. The van der Waals surface area contributed by atoms with E-state index < -0.39 is 6.10 Å². The molecule has 0 aromatic heterocycles. The van der Waals surface area contributed by atoms with Gasteiger partial charge in [-0.3, -0.25) is 0 Å². The SMILES string of the molecule is COc1ccc(C)c(C(C)O)c1OC. The number of aryl methyl sites for hydroxylation is 1. The van der Waals surface area contributed by atoms with E-state index in [1.807, 2.05) is 19.1 Å².